The molecular weight excluding hydrogens is 358 g/mol. The molecule has 0 unspecified atom stereocenters. The third-order valence-corrected chi connectivity index (χ3v) is 5.28. The molecule has 0 aliphatic heterocycles. The average molecular weight is 381 g/mol. The van der Waals surface area contributed by atoms with Gasteiger partial charge in [-0.25, -0.2) is 4.79 Å². The number of aryl methyl sites for hydroxylation is 2. The van der Waals surface area contributed by atoms with Crippen LogP contribution in [0.2, 0.25) is 0 Å². The predicted octanol–water partition coefficient (Wildman–Crippen LogP) is 5.19. The van der Waals surface area contributed by atoms with Crippen LogP contribution in [0.1, 0.15) is 33.7 Å². The van der Waals surface area contributed by atoms with E-state index in [-0.39, 0.29) is 12.5 Å². The molecule has 3 aromatic rings. The molecule has 0 aromatic heterocycles. The molecule has 4 rings (SSSR count). The fourth-order valence-corrected chi connectivity index (χ4v) is 3.78. The molecule has 0 atom stereocenters. The van der Waals surface area contributed by atoms with E-state index >= 15 is 0 Å². The average Bonchev–Trinajstić information content (AvgIpc) is 3.06. The maximum absolute atomic E-state index is 12.2. The lowest BCUT2D eigenvalue weighted by atomic mass is 9.98. The van der Waals surface area contributed by atoms with Crippen molar-refractivity contribution in [2.24, 2.45) is 0 Å². The smallest absolute Gasteiger partial charge is 0.407 e. The molecule has 0 radical (unpaired) electrons. The molecule has 1 N–H and O–H groups in total. The summed E-state index contributed by atoms with van der Waals surface area (Å²) in [5, 5.41) is 2.72. The third-order valence-electron chi connectivity index (χ3n) is 5.28. The van der Waals surface area contributed by atoms with Gasteiger partial charge < -0.3 is 10.1 Å². The molecule has 0 spiro atoms. The molecule has 0 bridgehead atoms. The third kappa shape index (κ3) is 4.02. The highest BCUT2D eigenvalue weighted by Crippen LogP contribution is 2.44. The molecule has 3 heteroatoms. The second-order valence-electron chi connectivity index (χ2n) is 7.30. The largest absolute Gasteiger partial charge is 0.449 e. The first-order valence-corrected chi connectivity index (χ1v) is 9.78. The lowest BCUT2D eigenvalue weighted by Gasteiger charge is -2.14. The fourth-order valence-electron chi connectivity index (χ4n) is 3.78. The molecule has 1 amide bonds. The molecule has 3 aromatic carbocycles. The van der Waals surface area contributed by atoms with Gasteiger partial charge in [-0.2, -0.15) is 0 Å². The van der Waals surface area contributed by atoms with Gasteiger partial charge in [-0.15, -0.1) is 0 Å². The number of carbonyl (C=O) groups excluding carboxylic acids is 1. The van der Waals surface area contributed by atoms with Gasteiger partial charge in [0.2, 0.25) is 0 Å². The van der Waals surface area contributed by atoms with Crippen LogP contribution >= 0.6 is 0 Å². The number of ether oxygens (including phenoxy) is 1. The van der Waals surface area contributed by atoms with Crippen molar-refractivity contribution in [3.63, 3.8) is 0 Å². The normalized spacial score (nSPS) is 11.8. The Morgan fingerprint density at radius 1 is 0.966 bits per heavy atom. The lowest BCUT2D eigenvalue weighted by molar-refractivity contribution is 0.144. The van der Waals surface area contributed by atoms with Gasteiger partial charge in [-0.3, -0.25) is 0 Å². The second kappa shape index (κ2) is 8.24. The summed E-state index contributed by atoms with van der Waals surface area (Å²) in [6, 6.07) is 22.8. The Kier molecular flexibility index (Phi) is 5.35. The molecule has 0 fully saturated rings. The number of rotatable bonds is 3. The summed E-state index contributed by atoms with van der Waals surface area (Å²) in [4.78, 5) is 12.2. The van der Waals surface area contributed by atoms with Gasteiger partial charge in [-0.05, 0) is 53.3 Å². The van der Waals surface area contributed by atoms with E-state index in [1.807, 2.05) is 38.1 Å². The van der Waals surface area contributed by atoms with E-state index in [2.05, 4.69) is 59.6 Å². The van der Waals surface area contributed by atoms with Crippen LogP contribution in [0, 0.1) is 25.7 Å². The molecule has 1 aliphatic rings. The highest BCUT2D eigenvalue weighted by atomic mass is 16.5. The van der Waals surface area contributed by atoms with E-state index < -0.39 is 6.09 Å². The first kappa shape index (κ1) is 18.8. The maximum atomic E-state index is 12.2. The Hall–Kier alpha value is -3.51. The minimum atomic E-state index is -0.442. The van der Waals surface area contributed by atoms with E-state index in [0.717, 1.165) is 11.1 Å². The lowest BCUT2D eigenvalue weighted by Crippen LogP contribution is -2.26. The van der Waals surface area contributed by atoms with Crippen LogP contribution in [-0.4, -0.2) is 19.2 Å². The monoisotopic (exact) mass is 381 g/mol. The number of hydrogen-bond donors (Lipinski definition) is 1. The highest BCUT2D eigenvalue weighted by molar-refractivity contribution is 5.79. The number of benzene rings is 3. The molecular formula is C26H23NO2. The Bertz CT molecular complexity index is 1080. The van der Waals surface area contributed by atoms with Gasteiger partial charge in [0, 0.05) is 11.5 Å². The van der Waals surface area contributed by atoms with Crippen LogP contribution in [0.25, 0.3) is 11.1 Å². The van der Waals surface area contributed by atoms with E-state index in [0.29, 0.717) is 6.61 Å². The molecule has 3 nitrogen and oxygen atoms in total. The second-order valence-corrected chi connectivity index (χ2v) is 7.30. The number of amides is 1. The Morgan fingerprint density at radius 2 is 1.62 bits per heavy atom. The number of alkyl carbamates (subject to hydrolysis) is 1. The van der Waals surface area contributed by atoms with Crippen LogP contribution in [0.5, 0.6) is 0 Å². The van der Waals surface area contributed by atoms with E-state index in [9.17, 15) is 4.79 Å². The molecule has 144 valence electrons. The highest BCUT2D eigenvalue weighted by Gasteiger charge is 2.28. The number of fused-ring (bicyclic) bond motifs is 3. The van der Waals surface area contributed by atoms with Gasteiger partial charge in [0.1, 0.15) is 6.61 Å². The van der Waals surface area contributed by atoms with Crippen molar-refractivity contribution < 1.29 is 9.53 Å². The van der Waals surface area contributed by atoms with E-state index in [1.54, 1.807) is 0 Å². The fraction of sp³-hybridized carbons (Fsp3) is 0.192. The minimum Gasteiger partial charge on any atom is -0.449 e. The number of carbonyl (C=O) groups is 1. The summed E-state index contributed by atoms with van der Waals surface area (Å²) in [6.45, 7) is 4.64. The molecule has 0 saturated heterocycles. The zero-order valence-corrected chi connectivity index (χ0v) is 16.7. The van der Waals surface area contributed by atoms with Crippen LogP contribution in [-0.2, 0) is 4.74 Å². The summed E-state index contributed by atoms with van der Waals surface area (Å²) in [5.41, 5.74) is 8.13. The van der Waals surface area contributed by atoms with Gasteiger partial charge in [0.25, 0.3) is 0 Å². The Balaban J connectivity index is 1.36. The zero-order chi connectivity index (χ0) is 20.2. The van der Waals surface area contributed by atoms with E-state index in [1.165, 1.54) is 27.8 Å². The topological polar surface area (TPSA) is 38.3 Å². The summed E-state index contributed by atoms with van der Waals surface area (Å²) in [5.74, 6) is 6.17. The van der Waals surface area contributed by atoms with Crippen molar-refractivity contribution in [1.82, 2.24) is 5.32 Å². The zero-order valence-electron chi connectivity index (χ0n) is 16.7. The minimum absolute atomic E-state index is 0.0641. The molecule has 1 aliphatic carbocycles. The first-order valence-electron chi connectivity index (χ1n) is 9.78. The van der Waals surface area contributed by atoms with Crippen LogP contribution in [0.4, 0.5) is 4.79 Å². The van der Waals surface area contributed by atoms with Crippen LogP contribution in [0.15, 0.2) is 66.7 Å². The number of hydrogen-bond acceptors (Lipinski definition) is 2. The van der Waals surface area contributed by atoms with Gasteiger partial charge >= 0.3 is 6.09 Å². The van der Waals surface area contributed by atoms with Gasteiger partial charge in [0.05, 0.1) is 6.54 Å². The van der Waals surface area contributed by atoms with Crippen LogP contribution < -0.4 is 5.32 Å². The summed E-state index contributed by atoms with van der Waals surface area (Å²) >= 11 is 0. The van der Waals surface area contributed by atoms with Crippen LogP contribution in [0.3, 0.4) is 0 Å². The summed E-state index contributed by atoms with van der Waals surface area (Å²) in [6.07, 6.45) is -0.442. The van der Waals surface area contributed by atoms with Gasteiger partial charge in [0.15, 0.2) is 0 Å². The maximum Gasteiger partial charge on any atom is 0.407 e. The van der Waals surface area contributed by atoms with Crippen molar-refractivity contribution in [1.29, 1.82) is 0 Å². The quantitative estimate of drug-likeness (QED) is 0.634. The molecule has 0 saturated carbocycles. The molecule has 0 heterocycles. The van der Waals surface area contributed by atoms with E-state index in [4.69, 9.17) is 4.74 Å². The van der Waals surface area contributed by atoms with Crippen molar-refractivity contribution in [2.45, 2.75) is 19.8 Å². The standard InChI is InChI=1S/C26H23NO2/c1-18-13-14-19(2)20(16-18)8-7-15-27-26(28)29-17-25-23-11-5-3-9-21(23)22-10-4-6-12-24(22)25/h3-6,9-14,16,25H,15,17H2,1-2H3,(H,27,28). The summed E-state index contributed by atoms with van der Waals surface area (Å²) in [7, 11) is 0. The van der Waals surface area contributed by atoms with Crippen molar-refractivity contribution in [3.05, 3.63) is 94.5 Å². The van der Waals surface area contributed by atoms with Crippen molar-refractivity contribution in [2.75, 3.05) is 13.2 Å². The Labute approximate surface area is 171 Å². The Morgan fingerprint density at radius 3 is 2.31 bits per heavy atom. The first-order chi connectivity index (χ1) is 14.1. The van der Waals surface area contributed by atoms with Crippen molar-refractivity contribution >= 4 is 6.09 Å². The molecule has 29 heavy (non-hydrogen) atoms. The summed E-state index contributed by atoms with van der Waals surface area (Å²) < 4.78 is 5.52. The predicted molar refractivity (Wildman–Crippen MR) is 116 cm³/mol. The number of nitrogens with one attached hydrogen (secondary N) is 1. The van der Waals surface area contributed by atoms with Crippen molar-refractivity contribution in [3.8, 4) is 23.0 Å². The SMILES string of the molecule is Cc1ccc(C)c(C#CCNC(=O)OCC2c3ccccc3-c3ccccc32)c1. The van der Waals surface area contributed by atoms with Gasteiger partial charge in [-0.1, -0.05) is 72.5 Å².